The lowest BCUT2D eigenvalue weighted by Crippen LogP contribution is -2.31. The maximum atomic E-state index is 12.8. The van der Waals surface area contributed by atoms with E-state index in [4.69, 9.17) is 20.6 Å². The third-order valence-electron chi connectivity index (χ3n) is 5.66. The number of terminal acetylenes is 1. The molecule has 184 valence electrons. The number of carbonyl (C=O) groups is 4. The molecular weight excluding hydrogens is 452 g/mol. The first-order valence-electron chi connectivity index (χ1n) is 10.8. The molecule has 2 aromatic carbocycles. The molecule has 0 spiro atoms. The van der Waals surface area contributed by atoms with E-state index in [0.717, 1.165) is 0 Å². The second kappa shape index (κ2) is 10.9. The number of hydrogen-bond donors (Lipinski definition) is 1. The van der Waals surface area contributed by atoms with E-state index >= 15 is 0 Å². The Morgan fingerprint density at radius 3 is 1.94 bits per heavy atom. The molecule has 0 amide bonds. The lowest BCUT2D eigenvalue weighted by molar-refractivity contribution is -0.133. The van der Waals surface area contributed by atoms with E-state index in [2.05, 4.69) is 5.92 Å². The van der Waals surface area contributed by atoms with Crippen LogP contribution in [0.15, 0.2) is 24.3 Å². The van der Waals surface area contributed by atoms with Gasteiger partial charge in [-0.05, 0) is 62.9 Å². The third-order valence-corrected chi connectivity index (χ3v) is 5.66. The third kappa shape index (κ3) is 6.27. The van der Waals surface area contributed by atoms with Crippen LogP contribution in [-0.2, 0) is 20.7 Å². The molecule has 0 aliphatic carbocycles. The summed E-state index contributed by atoms with van der Waals surface area (Å²) in [6, 6.07) is 5.67. The Bertz CT molecular complexity index is 1230. The highest BCUT2D eigenvalue weighted by atomic mass is 16.6. The van der Waals surface area contributed by atoms with Crippen LogP contribution in [0.1, 0.15) is 70.2 Å². The minimum atomic E-state index is -1.41. The molecule has 1 atom stereocenters. The lowest BCUT2D eigenvalue weighted by Gasteiger charge is -2.26. The summed E-state index contributed by atoms with van der Waals surface area (Å²) in [5.74, 6) is -0.0164. The molecular formula is C27H28O8. The molecule has 0 bridgehead atoms. The van der Waals surface area contributed by atoms with Gasteiger partial charge in [-0.3, -0.25) is 9.59 Å². The predicted octanol–water partition coefficient (Wildman–Crippen LogP) is 4.34. The van der Waals surface area contributed by atoms with E-state index in [1.807, 2.05) is 0 Å². The summed E-state index contributed by atoms with van der Waals surface area (Å²) in [6.07, 6.45) is 6.02. The molecule has 0 saturated heterocycles. The molecule has 0 unspecified atom stereocenters. The number of hydrogen-bond acceptors (Lipinski definition) is 7. The van der Waals surface area contributed by atoms with E-state index < -0.39 is 29.5 Å². The molecule has 0 aliphatic heterocycles. The minimum Gasteiger partial charge on any atom is -0.478 e. The minimum absolute atomic E-state index is 0.113. The van der Waals surface area contributed by atoms with Crippen molar-refractivity contribution in [3.63, 3.8) is 0 Å². The smallest absolute Gasteiger partial charge is 0.340 e. The number of carboxylic acids is 1. The highest BCUT2D eigenvalue weighted by Crippen LogP contribution is 2.39. The van der Waals surface area contributed by atoms with Gasteiger partial charge < -0.3 is 19.3 Å². The number of carboxylic acid groups (broad SMARTS) is 1. The van der Waals surface area contributed by atoms with E-state index in [1.54, 1.807) is 20.8 Å². The van der Waals surface area contributed by atoms with E-state index in [-0.39, 0.29) is 24.0 Å². The summed E-state index contributed by atoms with van der Waals surface area (Å²) in [7, 11) is 0. The second-order valence-corrected chi connectivity index (χ2v) is 8.31. The second-order valence-electron chi connectivity index (χ2n) is 8.31. The summed E-state index contributed by atoms with van der Waals surface area (Å²) in [4.78, 5) is 47.7. The first-order valence-corrected chi connectivity index (χ1v) is 10.8. The Morgan fingerprint density at radius 1 is 0.914 bits per heavy atom. The number of ether oxygens (including phenoxy) is 3. The van der Waals surface area contributed by atoms with Crippen molar-refractivity contribution in [1.82, 2.24) is 0 Å². The summed E-state index contributed by atoms with van der Waals surface area (Å²) < 4.78 is 16.5. The van der Waals surface area contributed by atoms with Crippen LogP contribution in [-0.4, -0.2) is 34.6 Å². The Morgan fingerprint density at radius 2 is 1.43 bits per heavy atom. The van der Waals surface area contributed by atoms with Gasteiger partial charge >= 0.3 is 23.9 Å². The predicted molar refractivity (Wildman–Crippen MR) is 128 cm³/mol. The van der Waals surface area contributed by atoms with E-state index in [0.29, 0.717) is 33.8 Å². The molecule has 0 heterocycles. The molecule has 0 aliphatic rings. The molecule has 0 saturated carbocycles. The zero-order valence-corrected chi connectivity index (χ0v) is 20.6. The van der Waals surface area contributed by atoms with Crippen molar-refractivity contribution in [2.45, 2.75) is 60.0 Å². The molecule has 0 fully saturated rings. The fourth-order valence-corrected chi connectivity index (χ4v) is 3.66. The molecule has 2 rings (SSSR count). The van der Waals surface area contributed by atoms with Gasteiger partial charge in [0.1, 0.15) is 11.5 Å². The highest BCUT2D eigenvalue weighted by molar-refractivity contribution is 6.02. The molecule has 8 nitrogen and oxygen atoms in total. The van der Waals surface area contributed by atoms with Gasteiger partial charge in [0.15, 0.2) is 5.60 Å². The zero-order chi connectivity index (χ0) is 26.5. The topological polar surface area (TPSA) is 116 Å². The molecule has 0 radical (unpaired) electrons. The van der Waals surface area contributed by atoms with Gasteiger partial charge in [-0.15, -0.1) is 6.42 Å². The SMILES string of the molecule is C#C[C@](C)(CCc1c(C)c(OC(C)=O)c(C)c(C)c1OC(C)=O)OC(=O)c1ccccc1C(=O)O. The normalized spacial score (nSPS) is 12.1. The number of carbonyl (C=O) groups excluding carboxylic acids is 3. The monoisotopic (exact) mass is 480 g/mol. The standard InChI is InChI=1S/C27H28O8/c1-8-27(7,35-26(32)22-12-10-9-11-21(22)25(30)31)14-13-20-17(4)23(33-18(5)28)15(2)16(3)24(20)34-19(6)29/h1,9-12H,13-14H2,2-7H3,(H,30,31)/t27-/m1/s1. The van der Waals surface area contributed by atoms with Crippen LogP contribution in [0.25, 0.3) is 0 Å². The first-order chi connectivity index (χ1) is 16.3. The average molecular weight is 481 g/mol. The molecule has 2 aromatic rings. The van der Waals surface area contributed by atoms with Crippen LogP contribution in [0.4, 0.5) is 0 Å². The Balaban J connectivity index is 2.44. The average Bonchev–Trinajstić information content (AvgIpc) is 2.79. The summed E-state index contributed by atoms with van der Waals surface area (Å²) in [6.45, 7) is 9.33. The van der Waals surface area contributed by atoms with Gasteiger partial charge in [0.05, 0.1) is 11.1 Å². The van der Waals surface area contributed by atoms with Crippen molar-refractivity contribution in [3.8, 4) is 23.8 Å². The first kappa shape index (κ1) is 27.1. The lowest BCUT2D eigenvalue weighted by atomic mass is 9.90. The van der Waals surface area contributed by atoms with Crippen LogP contribution < -0.4 is 9.47 Å². The Kier molecular flexibility index (Phi) is 8.43. The van der Waals surface area contributed by atoms with Crippen molar-refractivity contribution in [2.24, 2.45) is 0 Å². The maximum Gasteiger partial charge on any atom is 0.340 e. The summed E-state index contributed by atoms with van der Waals surface area (Å²) in [5.41, 5.74) is 0.681. The van der Waals surface area contributed by atoms with Crippen molar-refractivity contribution < 1.29 is 38.5 Å². The van der Waals surface area contributed by atoms with Gasteiger partial charge in [-0.1, -0.05) is 18.1 Å². The van der Waals surface area contributed by atoms with Crippen molar-refractivity contribution in [1.29, 1.82) is 0 Å². The van der Waals surface area contributed by atoms with Crippen LogP contribution in [0, 0.1) is 33.1 Å². The van der Waals surface area contributed by atoms with Crippen LogP contribution in [0.3, 0.4) is 0 Å². The van der Waals surface area contributed by atoms with Crippen LogP contribution in [0.5, 0.6) is 11.5 Å². The summed E-state index contributed by atoms with van der Waals surface area (Å²) in [5, 5.41) is 9.37. The van der Waals surface area contributed by atoms with Crippen LogP contribution in [0.2, 0.25) is 0 Å². The quantitative estimate of drug-likeness (QED) is 0.337. The van der Waals surface area contributed by atoms with Crippen molar-refractivity contribution in [3.05, 3.63) is 57.6 Å². The maximum absolute atomic E-state index is 12.8. The van der Waals surface area contributed by atoms with Gasteiger partial charge in [0, 0.05) is 25.8 Å². The van der Waals surface area contributed by atoms with Crippen molar-refractivity contribution >= 4 is 23.9 Å². The van der Waals surface area contributed by atoms with Crippen molar-refractivity contribution in [2.75, 3.05) is 0 Å². The summed E-state index contributed by atoms with van der Waals surface area (Å²) >= 11 is 0. The fourth-order valence-electron chi connectivity index (χ4n) is 3.66. The Labute approximate surface area is 204 Å². The van der Waals surface area contributed by atoms with Gasteiger partial charge in [-0.2, -0.15) is 0 Å². The number of esters is 3. The van der Waals surface area contributed by atoms with E-state index in [9.17, 15) is 24.3 Å². The number of aromatic carboxylic acids is 1. The fraction of sp³-hybridized carbons (Fsp3) is 0.333. The van der Waals surface area contributed by atoms with E-state index in [1.165, 1.54) is 45.0 Å². The zero-order valence-electron chi connectivity index (χ0n) is 20.6. The van der Waals surface area contributed by atoms with Crippen LogP contribution >= 0.6 is 0 Å². The molecule has 8 heteroatoms. The van der Waals surface area contributed by atoms with Gasteiger partial charge in [0.25, 0.3) is 0 Å². The molecule has 35 heavy (non-hydrogen) atoms. The van der Waals surface area contributed by atoms with Gasteiger partial charge in [0.2, 0.25) is 0 Å². The number of benzene rings is 2. The largest absolute Gasteiger partial charge is 0.478 e. The van der Waals surface area contributed by atoms with Gasteiger partial charge in [-0.25, -0.2) is 9.59 Å². The molecule has 0 aromatic heterocycles. The number of rotatable bonds is 8. The molecule has 1 N–H and O–H groups in total. The Hall–Kier alpha value is -4.12. The highest BCUT2D eigenvalue weighted by Gasteiger charge is 2.31.